The Morgan fingerprint density at radius 3 is 2.95 bits per heavy atom. The highest BCUT2D eigenvalue weighted by atomic mass is 79.9. The molecule has 0 aliphatic heterocycles. The van der Waals surface area contributed by atoms with E-state index in [1.807, 2.05) is 12.1 Å². The SMILES string of the molecule is COc1cc(Br)ccc1C(=O)NCC1CCCC(C)C1. The van der Waals surface area contributed by atoms with Crippen LogP contribution in [0, 0.1) is 11.8 Å². The van der Waals surface area contributed by atoms with Crippen LogP contribution in [0.15, 0.2) is 22.7 Å². The lowest BCUT2D eigenvalue weighted by Crippen LogP contribution is -2.31. The van der Waals surface area contributed by atoms with Crippen molar-refractivity contribution in [2.45, 2.75) is 32.6 Å². The van der Waals surface area contributed by atoms with Gasteiger partial charge in [0.05, 0.1) is 12.7 Å². The molecule has 2 rings (SSSR count). The van der Waals surface area contributed by atoms with Gasteiger partial charge in [-0.05, 0) is 42.9 Å². The van der Waals surface area contributed by atoms with Crippen molar-refractivity contribution in [2.75, 3.05) is 13.7 Å². The van der Waals surface area contributed by atoms with E-state index < -0.39 is 0 Å². The molecule has 1 aromatic carbocycles. The first-order valence-electron chi connectivity index (χ1n) is 7.22. The summed E-state index contributed by atoms with van der Waals surface area (Å²) in [5, 5.41) is 3.05. The second kappa shape index (κ2) is 7.11. The summed E-state index contributed by atoms with van der Waals surface area (Å²) >= 11 is 3.38. The summed E-state index contributed by atoms with van der Waals surface area (Å²) in [6.45, 7) is 3.06. The molecule has 2 atom stereocenters. The highest BCUT2D eigenvalue weighted by molar-refractivity contribution is 9.10. The largest absolute Gasteiger partial charge is 0.496 e. The third-order valence-corrected chi connectivity index (χ3v) is 4.50. The first-order valence-corrected chi connectivity index (χ1v) is 8.01. The van der Waals surface area contributed by atoms with Crippen LogP contribution in [0.2, 0.25) is 0 Å². The molecule has 110 valence electrons. The fourth-order valence-electron chi connectivity index (χ4n) is 2.93. The van der Waals surface area contributed by atoms with Gasteiger partial charge in [0.15, 0.2) is 0 Å². The number of halogens is 1. The van der Waals surface area contributed by atoms with E-state index in [2.05, 4.69) is 28.2 Å². The molecule has 4 heteroatoms. The molecule has 1 amide bonds. The first-order chi connectivity index (χ1) is 9.60. The van der Waals surface area contributed by atoms with Crippen LogP contribution in [-0.4, -0.2) is 19.6 Å². The lowest BCUT2D eigenvalue weighted by atomic mass is 9.82. The highest BCUT2D eigenvalue weighted by Crippen LogP contribution is 2.28. The van der Waals surface area contributed by atoms with Crippen molar-refractivity contribution in [3.8, 4) is 5.75 Å². The molecule has 20 heavy (non-hydrogen) atoms. The molecule has 1 saturated carbocycles. The second-order valence-corrected chi connectivity index (χ2v) is 6.61. The Morgan fingerprint density at radius 1 is 1.45 bits per heavy atom. The predicted molar refractivity (Wildman–Crippen MR) is 84.1 cm³/mol. The summed E-state index contributed by atoms with van der Waals surface area (Å²) in [7, 11) is 1.58. The van der Waals surface area contributed by atoms with Crippen molar-refractivity contribution in [1.29, 1.82) is 0 Å². The van der Waals surface area contributed by atoms with E-state index in [-0.39, 0.29) is 5.91 Å². The standard InChI is InChI=1S/C16H22BrNO2/c1-11-4-3-5-12(8-11)10-18-16(19)14-7-6-13(17)9-15(14)20-2/h6-7,9,11-12H,3-5,8,10H2,1-2H3,(H,18,19). The smallest absolute Gasteiger partial charge is 0.255 e. The maximum atomic E-state index is 12.3. The van der Waals surface area contributed by atoms with Crippen LogP contribution in [0.5, 0.6) is 5.75 Å². The molecule has 1 fully saturated rings. The Balaban J connectivity index is 1.94. The van der Waals surface area contributed by atoms with E-state index in [1.165, 1.54) is 25.7 Å². The molecular weight excluding hydrogens is 318 g/mol. The molecule has 0 aromatic heterocycles. The fraction of sp³-hybridized carbons (Fsp3) is 0.562. The lowest BCUT2D eigenvalue weighted by Gasteiger charge is -2.26. The minimum atomic E-state index is -0.0485. The molecule has 2 unspecified atom stereocenters. The number of ether oxygens (including phenoxy) is 1. The van der Waals surface area contributed by atoms with E-state index in [0.717, 1.165) is 16.9 Å². The molecule has 1 N–H and O–H groups in total. The molecule has 1 aliphatic carbocycles. The zero-order chi connectivity index (χ0) is 14.5. The highest BCUT2D eigenvalue weighted by Gasteiger charge is 2.20. The van der Waals surface area contributed by atoms with Gasteiger partial charge >= 0.3 is 0 Å². The zero-order valence-electron chi connectivity index (χ0n) is 12.1. The number of benzene rings is 1. The van der Waals surface area contributed by atoms with E-state index in [1.54, 1.807) is 13.2 Å². The summed E-state index contributed by atoms with van der Waals surface area (Å²) in [5.74, 6) is 1.96. The number of carbonyl (C=O) groups is 1. The average Bonchev–Trinajstić information content (AvgIpc) is 2.44. The van der Waals surface area contributed by atoms with Gasteiger partial charge in [-0.25, -0.2) is 0 Å². The predicted octanol–water partition coefficient (Wildman–Crippen LogP) is 4.01. The van der Waals surface area contributed by atoms with Gasteiger partial charge in [-0.1, -0.05) is 35.7 Å². The monoisotopic (exact) mass is 339 g/mol. The summed E-state index contributed by atoms with van der Waals surface area (Å²) in [4.78, 5) is 12.3. The van der Waals surface area contributed by atoms with Crippen molar-refractivity contribution in [2.24, 2.45) is 11.8 Å². The molecule has 0 spiro atoms. The van der Waals surface area contributed by atoms with Gasteiger partial charge in [-0.2, -0.15) is 0 Å². The Morgan fingerprint density at radius 2 is 2.25 bits per heavy atom. The quantitative estimate of drug-likeness (QED) is 0.899. The van der Waals surface area contributed by atoms with Crippen LogP contribution in [0.4, 0.5) is 0 Å². The molecule has 3 nitrogen and oxygen atoms in total. The van der Waals surface area contributed by atoms with Gasteiger partial charge in [0.1, 0.15) is 5.75 Å². The maximum Gasteiger partial charge on any atom is 0.255 e. The third-order valence-electron chi connectivity index (χ3n) is 4.00. The van der Waals surface area contributed by atoms with E-state index in [9.17, 15) is 4.79 Å². The van der Waals surface area contributed by atoms with Crippen LogP contribution < -0.4 is 10.1 Å². The van der Waals surface area contributed by atoms with E-state index in [0.29, 0.717) is 17.2 Å². The summed E-state index contributed by atoms with van der Waals surface area (Å²) in [5.41, 5.74) is 0.597. The molecule has 1 aromatic rings. The Bertz CT molecular complexity index is 476. The fourth-order valence-corrected chi connectivity index (χ4v) is 3.27. The number of methoxy groups -OCH3 is 1. The molecule has 0 bridgehead atoms. The molecule has 1 aliphatic rings. The Labute approximate surface area is 129 Å². The van der Waals surface area contributed by atoms with Gasteiger partial charge < -0.3 is 10.1 Å². The third kappa shape index (κ3) is 3.98. The van der Waals surface area contributed by atoms with Crippen molar-refractivity contribution in [3.05, 3.63) is 28.2 Å². The minimum Gasteiger partial charge on any atom is -0.496 e. The van der Waals surface area contributed by atoms with Gasteiger partial charge in [-0.15, -0.1) is 0 Å². The van der Waals surface area contributed by atoms with Crippen LogP contribution in [0.1, 0.15) is 43.0 Å². The van der Waals surface area contributed by atoms with E-state index in [4.69, 9.17) is 4.74 Å². The topological polar surface area (TPSA) is 38.3 Å². The minimum absolute atomic E-state index is 0.0485. The summed E-state index contributed by atoms with van der Waals surface area (Å²) in [6.07, 6.45) is 5.05. The van der Waals surface area contributed by atoms with Crippen molar-refractivity contribution < 1.29 is 9.53 Å². The molecular formula is C16H22BrNO2. The first kappa shape index (κ1) is 15.4. The zero-order valence-corrected chi connectivity index (χ0v) is 13.7. The van der Waals surface area contributed by atoms with Crippen molar-refractivity contribution in [3.63, 3.8) is 0 Å². The number of carbonyl (C=O) groups excluding carboxylic acids is 1. The number of hydrogen-bond acceptors (Lipinski definition) is 2. The van der Waals surface area contributed by atoms with Gasteiger partial charge in [0, 0.05) is 11.0 Å². The number of hydrogen-bond donors (Lipinski definition) is 1. The molecule has 0 heterocycles. The normalized spacial score (nSPS) is 22.4. The number of rotatable bonds is 4. The maximum absolute atomic E-state index is 12.3. The lowest BCUT2D eigenvalue weighted by molar-refractivity contribution is 0.0937. The van der Waals surface area contributed by atoms with Gasteiger partial charge in [-0.3, -0.25) is 4.79 Å². The number of amides is 1. The van der Waals surface area contributed by atoms with Gasteiger partial charge in [0.2, 0.25) is 0 Å². The van der Waals surface area contributed by atoms with Crippen LogP contribution >= 0.6 is 15.9 Å². The molecule has 0 saturated heterocycles. The molecule has 0 radical (unpaired) electrons. The van der Waals surface area contributed by atoms with Gasteiger partial charge in [0.25, 0.3) is 5.91 Å². The summed E-state index contributed by atoms with van der Waals surface area (Å²) < 4.78 is 6.17. The summed E-state index contributed by atoms with van der Waals surface area (Å²) in [6, 6.07) is 5.47. The Hall–Kier alpha value is -1.03. The van der Waals surface area contributed by atoms with Crippen LogP contribution in [0.3, 0.4) is 0 Å². The second-order valence-electron chi connectivity index (χ2n) is 5.69. The van der Waals surface area contributed by atoms with Crippen LogP contribution in [0.25, 0.3) is 0 Å². The average molecular weight is 340 g/mol. The van der Waals surface area contributed by atoms with Crippen molar-refractivity contribution >= 4 is 21.8 Å². The van der Waals surface area contributed by atoms with Crippen LogP contribution in [-0.2, 0) is 0 Å². The van der Waals surface area contributed by atoms with E-state index >= 15 is 0 Å². The van der Waals surface area contributed by atoms with Crippen molar-refractivity contribution in [1.82, 2.24) is 5.32 Å². The Kier molecular flexibility index (Phi) is 5.46. The number of nitrogens with one attached hydrogen (secondary N) is 1.